The second kappa shape index (κ2) is 5.22. The van der Waals surface area contributed by atoms with Crippen LogP contribution in [0.5, 0.6) is 0 Å². The van der Waals surface area contributed by atoms with Crippen LogP contribution in [0.3, 0.4) is 0 Å². The Labute approximate surface area is 128 Å². The molecule has 0 bridgehead atoms. The number of hydrogen-bond acceptors (Lipinski definition) is 3. The summed E-state index contributed by atoms with van der Waals surface area (Å²) < 4.78 is 5.35. The summed E-state index contributed by atoms with van der Waals surface area (Å²) in [6.45, 7) is 5.22. The number of rotatable bonds is 3. The Balaban J connectivity index is 2.38. The van der Waals surface area contributed by atoms with Crippen molar-refractivity contribution in [1.29, 1.82) is 0 Å². The summed E-state index contributed by atoms with van der Waals surface area (Å²) in [5, 5.41) is 9.98. The van der Waals surface area contributed by atoms with Gasteiger partial charge in [-0.2, -0.15) is 0 Å². The van der Waals surface area contributed by atoms with Crippen molar-refractivity contribution in [2.45, 2.75) is 44.8 Å². The summed E-state index contributed by atoms with van der Waals surface area (Å²) >= 11 is 5.84. The molecule has 1 amide bonds. The Morgan fingerprint density at radius 3 is 2.14 bits per heavy atom. The number of carboxylic acid groups (broad SMARTS) is 1. The molecule has 0 atom stereocenters. The van der Waals surface area contributed by atoms with Crippen molar-refractivity contribution < 1.29 is 19.4 Å². The first-order valence-corrected chi connectivity index (χ1v) is 7.06. The standard InChI is InChI=1S/C15H18ClNO4/c1-14(2,3)21-13(20)17(15(8-9-15)12(18)19)11-6-4-10(16)5-7-11/h4-7H,8-9H2,1-3H3,(H,18,19). The first kappa shape index (κ1) is 15.6. The Morgan fingerprint density at radius 2 is 1.76 bits per heavy atom. The van der Waals surface area contributed by atoms with Gasteiger partial charge in [0.1, 0.15) is 11.1 Å². The first-order chi connectivity index (χ1) is 9.66. The van der Waals surface area contributed by atoms with Gasteiger partial charge in [0.2, 0.25) is 0 Å². The number of ether oxygens (including phenoxy) is 1. The number of aliphatic carboxylic acids is 1. The number of hydrogen-bond donors (Lipinski definition) is 1. The second-order valence-electron chi connectivity index (χ2n) is 6.13. The van der Waals surface area contributed by atoms with Gasteiger partial charge in [0.25, 0.3) is 0 Å². The Morgan fingerprint density at radius 1 is 1.24 bits per heavy atom. The molecular weight excluding hydrogens is 294 g/mol. The molecule has 1 aliphatic rings. The predicted molar refractivity (Wildman–Crippen MR) is 79.8 cm³/mol. The van der Waals surface area contributed by atoms with E-state index in [2.05, 4.69) is 0 Å². The zero-order valence-electron chi connectivity index (χ0n) is 12.2. The van der Waals surface area contributed by atoms with E-state index in [1.807, 2.05) is 0 Å². The largest absolute Gasteiger partial charge is 0.479 e. The topological polar surface area (TPSA) is 66.8 Å². The van der Waals surface area contributed by atoms with Crippen LogP contribution in [0.25, 0.3) is 0 Å². The SMILES string of the molecule is CC(C)(C)OC(=O)N(c1ccc(Cl)cc1)C1(C(=O)O)CC1. The average molecular weight is 312 g/mol. The number of carbonyl (C=O) groups is 2. The molecule has 0 aromatic heterocycles. The lowest BCUT2D eigenvalue weighted by Crippen LogP contribution is -2.49. The Hall–Kier alpha value is -1.75. The van der Waals surface area contributed by atoms with Crippen molar-refractivity contribution in [1.82, 2.24) is 0 Å². The molecule has 21 heavy (non-hydrogen) atoms. The zero-order valence-corrected chi connectivity index (χ0v) is 13.0. The van der Waals surface area contributed by atoms with Crippen molar-refractivity contribution in [3.63, 3.8) is 0 Å². The van der Waals surface area contributed by atoms with E-state index in [1.165, 1.54) is 4.90 Å². The normalized spacial score (nSPS) is 16.2. The maximum atomic E-state index is 12.4. The first-order valence-electron chi connectivity index (χ1n) is 6.68. The molecule has 0 radical (unpaired) electrons. The van der Waals surface area contributed by atoms with Crippen LogP contribution in [0.4, 0.5) is 10.5 Å². The van der Waals surface area contributed by atoms with Gasteiger partial charge in [-0.25, -0.2) is 9.59 Å². The number of halogens is 1. The van der Waals surface area contributed by atoms with Crippen molar-refractivity contribution >= 4 is 29.4 Å². The third kappa shape index (κ3) is 3.29. The minimum atomic E-state index is -1.21. The van der Waals surface area contributed by atoms with E-state index in [0.29, 0.717) is 23.6 Å². The molecular formula is C15H18ClNO4. The lowest BCUT2D eigenvalue weighted by atomic mass is 10.1. The van der Waals surface area contributed by atoms with Gasteiger partial charge in [-0.05, 0) is 57.9 Å². The molecule has 1 saturated carbocycles. The molecule has 1 aliphatic carbocycles. The van der Waals surface area contributed by atoms with E-state index in [1.54, 1.807) is 45.0 Å². The summed E-state index contributed by atoms with van der Waals surface area (Å²) in [5.74, 6) is -1.02. The smallest absolute Gasteiger partial charge is 0.415 e. The molecule has 1 aromatic carbocycles. The van der Waals surface area contributed by atoms with Crippen LogP contribution in [0.1, 0.15) is 33.6 Å². The summed E-state index contributed by atoms with van der Waals surface area (Å²) in [7, 11) is 0. The van der Waals surface area contributed by atoms with E-state index in [4.69, 9.17) is 16.3 Å². The highest BCUT2D eigenvalue weighted by atomic mass is 35.5. The minimum absolute atomic E-state index is 0.407. The molecule has 6 heteroatoms. The van der Waals surface area contributed by atoms with Crippen LogP contribution < -0.4 is 4.90 Å². The summed E-state index contributed by atoms with van der Waals surface area (Å²) in [5.41, 5.74) is -1.44. The van der Waals surface area contributed by atoms with Gasteiger partial charge < -0.3 is 9.84 Å². The third-order valence-electron chi connectivity index (χ3n) is 3.21. The van der Waals surface area contributed by atoms with Gasteiger partial charge in [0, 0.05) is 10.7 Å². The Bertz CT molecular complexity index is 558. The fourth-order valence-corrected chi connectivity index (χ4v) is 2.20. The number of benzene rings is 1. The van der Waals surface area contributed by atoms with Gasteiger partial charge in [-0.1, -0.05) is 11.6 Å². The minimum Gasteiger partial charge on any atom is -0.479 e. The van der Waals surface area contributed by atoms with Crippen LogP contribution >= 0.6 is 11.6 Å². The van der Waals surface area contributed by atoms with E-state index in [-0.39, 0.29) is 0 Å². The maximum absolute atomic E-state index is 12.4. The highest BCUT2D eigenvalue weighted by Crippen LogP contribution is 2.45. The van der Waals surface area contributed by atoms with Gasteiger partial charge in [-0.3, -0.25) is 4.90 Å². The van der Waals surface area contributed by atoms with Gasteiger partial charge in [0.15, 0.2) is 0 Å². The van der Waals surface area contributed by atoms with E-state index >= 15 is 0 Å². The predicted octanol–water partition coefficient (Wildman–Crippen LogP) is 3.70. The average Bonchev–Trinajstić information content (AvgIpc) is 3.11. The fraction of sp³-hybridized carbons (Fsp3) is 0.467. The number of carbonyl (C=O) groups excluding carboxylic acids is 1. The van der Waals surface area contributed by atoms with Crippen LogP contribution in [0.2, 0.25) is 5.02 Å². The van der Waals surface area contributed by atoms with Crippen LogP contribution in [0.15, 0.2) is 24.3 Å². The van der Waals surface area contributed by atoms with Gasteiger partial charge >= 0.3 is 12.1 Å². The van der Waals surface area contributed by atoms with Crippen molar-refractivity contribution in [3.05, 3.63) is 29.3 Å². The zero-order chi connectivity index (χ0) is 15.8. The fourth-order valence-electron chi connectivity index (χ4n) is 2.08. The molecule has 2 rings (SSSR count). The lowest BCUT2D eigenvalue weighted by Gasteiger charge is -2.31. The lowest BCUT2D eigenvalue weighted by molar-refractivity contribution is -0.139. The van der Waals surface area contributed by atoms with E-state index < -0.39 is 23.2 Å². The van der Waals surface area contributed by atoms with E-state index in [0.717, 1.165) is 0 Å². The third-order valence-corrected chi connectivity index (χ3v) is 3.46. The summed E-state index contributed by atoms with van der Waals surface area (Å²) in [6.07, 6.45) is 0.152. The second-order valence-corrected chi connectivity index (χ2v) is 6.57. The quantitative estimate of drug-likeness (QED) is 0.924. The van der Waals surface area contributed by atoms with Crippen LogP contribution in [-0.4, -0.2) is 28.3 Å². The highest BCUT2D eigenvalue weighted by molar-refractivity contribution is 6.30. The summed E-state index contributed by atoms with van der Waals surface area (Å²) in [6, 6.07) is 6.48. The molecule has 0 aliphatic heterocycles. The number of amides is 1. The molecule has 114 valence electrons. The monoisotopic (exact) mass is 311 g/mol. The molecule has 0 unspecified atom stereocenters. The molecule has 1 fully saturated rings. The van der Waals surface area contributed by atoms with Crippen molar-refractivity contribution in [3.8, 4) is 0 Å². The molecule has 0 saturated heterocycles. The molecule has 1 aromatic rings. The number of anilines is 1. The Kier molecular flexibility index (Phi) is 3.89. The van der Waals surface area contributed by atoms with Crippen molar-refractivity contribution in [2.24, 2.45) is 0 Å². The van der Waals surface area contributed by atoms with Crippen molar-refractivity contribution in [2.75, 3.05) is 4.90 Å². The highest BCUT2D eigenvalue weighted by Gasteiger charge is 2.58. The maximum Gasteiger partial charge on any atom is 0.415 e. The molecule has 5 nitrogen and oxygen atoms in total. The molecule has 1 N–H and O–H groups in total. The molecule has 0 heterocycles. The van der Waals surface area contributed by atoms with Gasteiger partial charge in [0.05, 0.1) is 0 Å². The van der Waals surface area contributed by atoms with Gasteiger partial charge in [-0.15, -0.1) is 0 Å². The number of carboxylic acids is 1. The number of nitrogens with zero attached hydrogens (tertiary/aromatic N) is 1. The van der Waals surface area contributed by atoms with Crippen LogP contribution in [-0.2, 0) is 9.53 Å². The van der Waals surface area contributed by atoms with E-state index in [9.17, 15) is 14.7 Å². The molecule has 0 spiro atoms. The summed E-state index contributed by atoms with van der Waals surface area (Å²) in [4.78, 5) is 25.2. The van der Waals surface area contributed by atoms with Crippen LogP contribution in [0, 0.1) is 0 Å².